The molecule has 0 aliphatic carbocycles. The van der Waals surface area contributed by atoms with Crippen LogP contribution in [-0.2, 0) is 13.1 Å². The lowest BCUT2D eigenvalue weighted by Gasteiger charge is -2.32. The summed E-state index contributed by atoms with van der Waals surface area (Å²) in [4.78, 5) is 33.6. The van der Waals surface area contributed by atoms with Crippen LogP contribution >= 0.6 is 0 Å². The van der Waals surface area contributed by atoms with Gasteiger partial charge in [-0.3, -0.25) is 14.7 Å². The van der Waals surface area contributed by atoms with Crippen LogP contribution in [-0.4, -0.2) is 70.1 Å². The maximum Gasteiger partial charge on any atom is 0.280 e. The topological polar surface area (TPSA) is 99.3 Å². The predicted octanol–water partition coefficient (Wildman–Crippen LogP) is 2.23. The minimum atomic E-state index is -0.331. The van der Waals surface area contributed by atoms with Crippen LogP contribution in [0.1, 0.15) is 11.1 Å². The number of benzene rings is 2. The minimum absolute atomic E-state index is 0.203. The summed E-state index contributed by atoms with van der Waals surface area (Å²) in [7, 11) is 3.76. The number of nitrogens with zero attached hydrogens (tertiary/aromatic N) is 5. The third-order valence-electron chi connectivity index (χ3n) is 6.00. The molecule has 2 aromatic heterocycles. The van der Waals surface area contributed by atoms with Gasteiger partial charge in [-0.2, -0.15) is 4.98 Å². The first-order valence-corrected chi connectivity index (χ1v) is 11.1. The van der Waals surface area contributed by atoms with E-state index in [1.54, 1.807) is 19.2 Å². The molecule has 33 heavy (non-hydrogen) atoms. The fourth-order valence-corrected chi connectivity index (χ4v) is 3.98. The highest BCUT2D eigenvalue weighted by Gasteiger charge is 2.14. The van der Waals surface area contributed by atoms with Gasteiger partial charge in [0.1, 0.15) is 5.75 Å². The number of fused-ring (bicyclic) bond motifs is 2. The number of nitrogens with one attached hydrogen (secondary N) is 2. The van der Waals surface area contributed by atoms with Gasteiger partial charge in [0.2, 0.25) is 5.95 Å². The van der Waals surface area contributed by atoms with Crippen molar-refractivity contribution in [2.75, 3.05) is 45.7 Å². The summed E-state index contributed by atoms with van der Waals surface area (Å²) in [6, 6.07) is 13.9. The molecule has 1 aliphatic rings. The van der Waals surface area contributed by atoms with Crippen LogP contribution in [0.4, 0.5) is 5.95 Å². The summed E-state index contributed by atoms with van der Waals surface area (Å²) in [5, 5.41) is 3.20. The minimum Gasteiger partial charge on any atom is -0.497 e. The van der Waals surface area contributed by atoms with Crippen LogP contribution in [0.2, 0.25) is 0 Å². The van der Waals surface area contributed by atoms with Crippen molar-refractivity contribution in [1.82, 2.24) is 29.7 Å². The van der Waals surface area contributed by atoms with Gasteiger partial charge in [-0.1, -0.05) is 24.3 Å². The van der Waals surface area contributed by atoms with E-state index in [4.69, 9.17) is 4.74 Å². The van der Waals surface area contributed by atoms with E-state index in [1.165, 1.54) is 5.56 Å². The number of methoxy groups -OCH3 is 1. The van der Waals surface area contributed by atoms with Crippen molar-refractivity contribution in [3.63, 3.8) is 0 Å². The molecular weight excluding hydrogens is 418 g/mol. The lowest BCUT2D eigenvalue weighted by atomic mass is 10.1. The molecule has 9 nitrogen and oxygen atoms in total. The summed E-state index contributed by atoms with van der Waals surface area (Å²) < 4.78 is 5.22. The predicted molar refractivity (Wildman–Crippen MR) is 129 cm³/mol. The second-order valence-corrected chi connectivity index (χ2v) is 8.41. The van der Waals surface area contributed by atoms with Crippen LogP contribution in [0.5, 0.6) is 5.75 Å². The van der Waals surface area contributed by atoms with E-state index < -0.39 is 0 Å². The molecular formula is C24H27N7O2. The first-order chi connectivity index (χ1) is 16.1. The standard InChI is InChI=1S/C24H27N7O2/c1-30-9-11-31(12-10-30)15-17-5-3-16(4-6-17)14-25-24-28-22-21(23(32)29-24)26-20-13-18(33-2)7-8-19(20)27-22/h3-8,13H,9-12,14-15H2,1-2H3,(H2,25,27,28,29,32). The van der Waals surface area contributed by atoms with Crippen molar-refractivity contribution in [3.8, 4) is 5.75 Å². The van der Waals surface area contributed by atoms with Crippen LogP contribution in [0.25, 0.3) is 22.2 Å². The fourth-order valence-electron chi connectivity index (χ4n) is 3.98. The third kappa shape index (κ3) is 4.79. The summed E-state index contributed by atoms with van der Waals surface area (Å²) in [6.45, 7) is 5.96. The first-order valence-electron chi connectivity index (χ1n) is 11.1. The Hall–Kier alpha value is -3.56. The Bertz CT molecular complexity index is 1330. The molecule has 0 spiro atoms. The van der Waals surface area contributed by atoms with E-state index in [0.717, 1.165) is 38.3 Å². The molecule has 0 atom stereocenters. The molecule has 170 valence electrons. The van der Waals surface area contributed by atoms with E-state index in [2.05, 4.69) is 66.4 Å². The first kappa shape index (κ1) is 21.3. The third-order valence-corrected chi connectivity index (χ3v) is 6.00. The Labute approximate surface area is 191 Å². The van der Waals surface area contributed by atoms with Gasteiger partial charge >= 0.3 is 0 Å². The van der Waals surface area contributed by atoms with Crippen LogP contribution in [0, 0.1) is 0 Å². The van der Waals surface area contributed by atoms with Gasteiger partial charge in [0.05, 0.1) is 18.1 Å². The number of likely N-dealkylation sites (N-methyl/N-ethyl adjacent to an activating group) is 1. The van der Waals surface area contributed by atoms with Crippen molar-refractivity contribution in [2.45, 2.75) is 13.1 Å². The van der Waals surface area contributed by atoms with Gasteiger partial charge < -0.3 is 15.0 Å². The van der Waals surface area contributed by atoms with Crippen molar-refractivity contribution < 1.29 is 4.74 Å². The molecule has 9 heteroatoms. The monoisotopic (exact) mass is 445 g/mol. The number of aromatic amines is 1. The number of rotatable bonds is 6. The van der Waals surface area contributed by atoms with Crippen molar-refractivity contribution in [1.29, 1.82) is 0 Å². The quantitative estimate of drug-likeness (QED) is 0.436. The number of hydrogen-bond donors (Lipinski definition) is 2. The van der Waals surface area contributed by atoms with Crippen LogP contribution in [0.15, 0.2) is 47.3 Å². The van der Waals surface area contributed by atoms with Crippen molar-refractivity contribution >= 4 is 28.1 Å². The maximum absolute atomic E-state index is 12.6. The SMILES string of the molecule is COc1ccc2nc3nc(NCc4ccc(CN5CCN(C)CC5)cc4)[nH]c(=O)c3nc2c1. The average Bonchev–Trinajstić information content (AvgIpc) is 2.84. The molecule has 1 fully saturated rings. The highest BCUT2D eigenvalue weighted by molar-refractivity contribution is 5.85. The number of hydrogen-bond acceptors (Lipinski definition) is 8. The van der Waals surface area contributed by atoms with E-state index in [-0.39, 0.29) is 11.1 Å². The number of ether oxygens (including phenoxy) is 1. The van der Waals surface area contributed by atoms with Crippen LogP contribution in [0.3, 0.4) is 0 Å². The molecule has 0 amide bonds. The van der Waals surface area contributed by atoms with E-state index in [0.29, 0.717) is 34.9 Å². The van der Waals surface area contributed by atoms with Gasteiger partial charge in [-0.15, -0.1) is 0 Å². The smallest absolute Gasteiger partial charge is 0.280 e. The molecule has 1 saturated heterocycles. The molecule has 1 aliphatic heterocycles. The van der Waals surface area contributed by atoms with E-state index in [1.807, 2.05) is 6.07 Å². The molecule has 4 aromatic rings. The molecule has 2 N–H and O–H groups in total. The van der Waals surface area contributed by atoms with Gasteiger partial charge in [0.15, 0.2) is 11.2 Å². The van der Waals surface area contributed by atoms with E-state index >= 15 is 0 Å². The van der Waals surface area contributed by atoms with Gasteiger partial charge in [0, 0.05) is 45.3 Å². The summed E-state index contributed by atoms with van der Waals surface area (Å²) in [5.41, 5.74) is 3.84. The Morgan fingerprint density at radius 3 is 2.48 bits per heavy atom. The number of anilines is 1. The Morgan fingerprint density at radius 2 is 1.73 bits per heavy atom. The molecule has 0 bridgehead atoms. The summed E-state index contributed by atoms with van der Waals surface area (Å²) in [5.74, 6) is 1.03. The second-order valence-electron chi connectivity index (χ2n) is 8.41. The zero-order valence-electron chi connectivity index (χ0n) is 18.8. The van der Waals surface area contributed by atoms with Crippen molar-refractivity contribution in [3.05, 3.63) is 63.9 Å². The summed E-state index contributed by atoms with van der Waals surface area (Å²) in [6.07, 6.45) is 0. The zero-order valence-corrected chi connectivity index (χ0v) is 18.8. The van der Waals surface area contributed by atoms with E-state index in [9.17, 15) is 4.79 Å². The van der Waals surface area contributed by atoms with Crippen LogP contribution < -0.4 is 15.6 Å². The Balaban J connectivity index is 1.28. The number of H-pyrrole nitrogens is 1. The maximum atomic E-state index is 12.6. The largest absolute Gasteiger partial charge is 0.497 e. The molecule has 2 aromatic carbocycles. The zero-order chi connectivity index (χ0) is 22.8. The molecule has 0 unspecified atom stereocenters. The molecule has 0 radical (unpaired) electrons. The highest BCUT2D eigenvalue weighted by Crippen LogP contribution is 2.19. The normalized spacial score (nSPS) is 15.2. The molecule has 5 rings (SSSR count). The average molecular weight is 446 g/mol. The van der Waals surface area contributed by atoms with Gasteiger partial charge in [-0.05, 0) is 30.3 Å². The Morgan fingerprint density at radius 1 is 0.970 bits per heavy atom. The van der Waals surface area contributed by atoms with Gasteiger partial charge in [-0.25, -0.2) is 9.97 Å². The lowest BCUT2D eigenvalue weighted by molar-refractivity contribution is 0.148. The molecule has 3 heterocycles. The van der Waals surface area contributed by atoms with Gasteiger partial charge in [0.25, 0.3) is 5.56 Å². The van der Waals surface area contributed by atoms with Crippen molar-refractivity contribution in [2.24, 2.45) is 0 Å². The Kier molecular flexibility index (Phi) is 5.89. The number of aromatic nitrogens is 4. The molecule has 0 saturated carbocycles. The lowest BCUT2D eigenvalue weighted by Crippen LogP contribution is -2.43. The second kappa shape index (κ2) is 9.13. The summed E-state index contributed by atoms with van der Waals surface area (Å²) >= 11 is 0. The highest BCUT2D eigenvalue weighted by atomic mass is 16.5. The number of piperazine rings is 1. The fraction of sp³-hybridized carbons (Fsp3) is 0.333.